The Bertz CT molecular complexity index is 292. The molecule has 0 aliphatic rings. The van der Waals surface area contributed by atoms with Crippen molar-refractivity contribution in [1.82, 2.24) is 9.97 Å². The molecule has 0 aliphatic carbocycles. The van der Waals surface area contributed by atoms with Gasteiger partial charge in [0.2, 0.25) is 0 Å². The van der Waals surface area contributed by atoms with Crippen LogP contribution >= 0.6 is 0 Å². The molecule has 1 N–H and O–H groups in total. The summed E-state index contributed by atoms with van der Waals surface area (Å²) in [6.45, 7) is 4.57. The number of aromatic nitrogens is 2. The molecule has 0 bridgehead atoms. The molecule has 0 fully saturated rings. The minimum Gasteiger partial charge on any atom is -0.351 e. The predicted octanol–water partition coefficient (Wildman–Crippen LogP) is 5.90. The molecule has 1 atom stereocenters. The molecule has 0 spiro atoms. The lowest BCUT2D eigenvalue weighted by atomic mass is 9.90. The van der Waals surface area contributed by atoms with E-state index in [4.69, 9.17) is 0 Å². The quantitative estimate of drug-likeness (QED) is 0.447. The summed E-state index contributed by atoms with van der Waals surface area (Å²) in [4.78, 5) is 7.49. The lowest BCUT2D eigenvalue weighted by Gasteiger charge is -2.15. The monoisotopic (exact) mass is 278 g/mol. The molecule has 0 saturated heterocycles. The van der Waals surface area contributed by atoms with Crippen LogP contribution in [0.25, 0.3) is 0 Å². The lowest BCUT2D eigenvalue weighted by Crippen LogP contribution is -2.05. The lowest BCUT2D eigenvalue weighted by molar-refractivity contribution is 0.400. The van der Waals surface area contributed by atoms with Crippen LogP contribution in [0.5, 0.6) is 0 Å². The number of imidazole rings is 1. The van der Waals surface area contributed by atoms with Gasteiger partial charge in [-0.05, 0) is 12.3 Å². The number of nitrogens with zero attached hydrogens (tertiary/aromatic N) is 1. The highest BCUT2D eigenvalue weighted by molar-refractivity contribution is 4.95. The van der Waals surface area contributed by atoms with Gasteiger partial charge in [0.15, 0.2) is 0 Å². The van der Waals surface area contributed by atoms with E-state index in [2.05, 4.69) is 30.0 Å². The molecule has 1 aromatic heterocycles. The Morgan fingerprint density at radius 1 is 0.900 bits per heavy atom. The van der Waals surface area contributed by atoms with Crippen LogP contribution in [0.15, 0.2) is 12.5 Å². The highest BCUT2D eigenvalue weighted by atomic mass is 14.9. The van der Waals surface area contributed by atoms with Crippen LogP contribution in [0.3, 0.4) is 0 Å². The van der Waals surface area contributed by atoms with Crippen LogP contribution in [0.1, 0.15) is 90.2 Å². The minimum absolute atomic E-state index is 0.844. The first-order chi connectivity index (χ1) is 9.86. The van der Waals surface area contributed by atoms with Crippen molar-refractivity contribution in [3.05, 3.63) is 18.2 Å². The van der Waals surface area contributed by atoms with Crippen LogP contribution in [0, 0.1) is 5.92 Å². The fraction of sp³-hybridized carbons (Fsp3) is 0.833. The van der Waals surface area contributed by atoms with Crippen LogP contribution in [-0.4, -0.2) is 9.97 Å². The third-order valence-corrected chi connectivity index (χ3v) is 4.23. The van der Waals surface area contributed by atoms with E-state index < -0.39 is 0 Å². The van der Waals surface area contributed by atoms with Gasteiger partial charge in [0.05, 0.1) is 12.0 Å². The highest BCUT2D eigenvalue weighted by Crippen LogP contribution is 2.22. The second-order valence-electron chi connectivity index (χ2n) is 6.18. The Balaban J connectivity index is 2.22. The van der Waals surface area contributed by atoms with Gasteiger partial charge in [-0.1, -0.05) is 84.5 Å². The molecule has 20 heavy (non-hydrogen) atoms. The van der Waals surface area contributed by atoms with Crippen LogP contribution in [0.4, 0.5) is 0 Å². The summed E-state index contributed by atoms with van der Waals surface area (Å²) in [6.07, 6.45) is 20.3. The number of hydrogen-bond donors (Lipinski definition) is 1. The van der Waals surface area contributed by atoms with Crippen LogP contribution < -0.4 is 0 Å². The van der Waals surface area contributed by atoms with E-state index >= 15 is 0 Å². The van der Waals surface area contributed by atoms with Crippen molar-refractivity contribution in [3.63, 3.8) is 0 Å². The van der Waals surface area contributed by atoms with E-state index in [1.165, 1.54) is 82.7 Å². The molecular weight excluding hydrogens is 244 g/mol. The summed E-state index contributed by atoms with van der Waals surface area (Å²) >= 11 is 0. The highest BCUT2D eigenvalue weighted by Gasteiger charge is 2.10. The van der Waals surface area contributed by atoms with Gasteiger partial charge in [0.1, 0.15) is 0 Å². The maximum absolute atomic E-state index is 4.40. The zero-order valence-corrected chi connectivity index (χ0v) is 13.7. The maximum atomic E-state index is 4.40. The zero-order chi connectivity index (χ0) is 14.5. The molecule has 1 aromatic rings. The molecular formula is C18H34N2. The SMILES string of the molecule is CCCCCCCC(CCCCCC)Cc1c[nH]cn1. The fourth-order valence-electron chi connectivity index (χ4n) is 2.94. The van der Waals surface area contributed by atoms with E-state index in [1.807, 2.05) is 6.33 Å². The number of hydrogen-bond acceptors (Lipinski definition) is 1. The molecule has 1 heterocycles. The van der Waals surface area contributed by atoms with Gasteiger partial charge in [-0.2, -0.15) is 0 Å². The summed E-state index contributed by atoms with van der Waals surface area (Å²) in [5.74, 6) is 0.844. The molecule has 116 valence electrons. The standard InChI is InChI=1S/C18H34N2/c1-3-5-7-9-11-13-17(12-10-8-6-4-2)14-18-15-19-16-20-18/h15-17H,3-14H2,1-2H3,(H,19,20). The molecule has 2 nitrogen and oxygen atoms in total. The first-order valence-corrected chi connectivity index (χ1v) is 8.84. The maximum Gasteiger partial charge on any atom is 0.0923 e. The molecule has 2 heteroatoms. The largest absolute Gasteiger partial charge is 0.351 e. The van der Waals surface area contributed by atoms with E-state index in [0.29, 0.717) is 0 Å². The van der Waals surface area contributed by atoms with Crippen molar-refractivity contribution < 1.29 is 0 Å². The molecule has 0 saturated carbocycles. The number of nitrogens with one attached hydrogen (secondary N) is 1. The Hall–Kier alpha value is -0.790. The Morgan fingerprint density at radius 2 is 1.50 bits per heavy atom. The number of rotatable bonds is 13. The Morgan fingerprint density at radius 3 is 2.05 bits per heavy atom. The summed E-state index contributed by atoms with van der Waals surface area (Å²) in [5.41, 5.74) is 1.25. The first-order valence-electron chi connectivity index (χ1n) is 8.84. The van der Waals surface area contributed by atoms with E-state index in [1.54, 1.807) is 0 Å². The van der Waals surface area contributed by atoms with Crippen molar-refractivity contribution in [1.29, 1.82) is 0 Å². The normalized spacial score (nSPS) is 12.7. The summed E-state index contributed by atoms with van der Waals surface area (Å²) in [5, 5.41) is 0. The first kappa shape index (κ1) is 17.3. The van der Waals surface area contributed by atoms with Gasteiger partial charge in [-0.25, -0.2) is 4.98 Å². The number of aromatic amines is 1. The molecule has 0 amide bonds. The predicted molar refractivity (Wildman–Crippen MR) is 87.9 cm³/mol. The Labute approximate surface area is 125 Å². The van der Waals surface area contributed by atoms with Gasteiger partial charge in [0.25, 0.3) is 0 Å². The van der Waals surface area contributed by atoms with Gasteiger partial charge in [-0.15, -0.1) is 0 Å². The summed E-state index contributed by atoms with van der Waals surface area (Å²) in [6, 6.07) is 0. The van der Waals surface area contributed by atoms with E-state index in [-0.39, 0.29) is 0 Å². The average Bonchev–Trinajstić information content (AvgIpc) is 2.96. The summed E-state index contributed by atoms with van der Waals surface area (Å²) < 4.78 is 0. The zero-order valence-electron chi connectivity index (χ0n) is 13.7. The molecule has 1 unspecified atom stereocenters. The molecule has 1 rings (SSSR count). The number of unbranched alkanes of at least 4 members (excludes halogenated alkanes) is 7. The second kappa shape index (κ2) is 12.0. The molecule has 0 radical (unpaired) electrons. The molecule has 0 aliphatic heterocycles. The van der Waals surface area contributed by atoms with Crippen LogP contribution in [-0.2, 0) is 6.42 Å². The van der Waals surface area contributed by atoms with Crippen molar-refractivity contribution in [2.75, 3.05) is 0 Å². The van der Waals surface area contributed by atoms with Crippen molar-refractivity contribution >= 4 is 0 Å². The van der Waals surface area contributed by atoms with Crippen molar-refractivity contribution in [2.24, 2.45) is 5.92 Å². The third kappa shape index (κ3) is 8.39. The Kier molecular flexibility index (Phi) is 10.3. The van der Waals surface area contributed by atoms with Gasteiger partial charge < -0.3 is 4.98 Å². The molecule has 0 aromatic carbocycles. The fourth-order valence-corrected chi connectivity index (χ4v) is 2.94. The minimum atomic E-state index is 0.844. The third-order valence-electron chi connectivity index (χ3n) is 4.23. The van der Waals surface area contributed by atoms with E-state index in [9.17, 15) is 0 Å². The van der Waals surface area contributed by atoms with Crippen molar-refractivity contribution in [3.8, 4) is 0 Å². The second-order valence-corrected chi connectivity index (χ2v) is 6.18. The van der Waals surface area contributed by atoms with Crippen molar-refractivity contribution in [2.45, 2.75) is 90.9 Å². The summed E-state index contributed by atoms with van der Waals surface area (Å²) in [7, 11) is 0. The van der Waals surface area contributed by atoms with E-state index in [0.717, 1.165) is 5.92 Å². The smallest absolute Gasteiger partial charge is 0.0923 e. The van der Waals surface area contributed by atoms with Gasteiger partial charge in [0, 0.05) is 6.20 Å². The van der Waals surface area contributed by atoms with Gasteiger partial charge >= 0.3 is 0 Å². The topological polar surface area (TPSA) is 28.7 Å². The van der Waals surface area contributed by atoms with Crippen LogP contribution in [0.2, 0.25) is 0 Å². The number of H-pyrrole nitrogens is 1. The average molecular weight is 278 g/mol. The van der Waals surface area contributed by atoms with Gasteiger partial charge in [-0.3, -0.25) is 0 Å².